The third-order valence-corrected chi connectivity index (χ3v) is 3.01. The van der Waals surface area contributed by atoms with Gasteiger partial charge in [0, 0.05) is 23.0 Å². The highest BCUT2D eigenvalue weighted by atomic mass is 127. The van der Waals surface area contributed by atoms with Crippen LogP contribution < -0.4 is 0 Å². The topological polar surface area (TPSA) is 38.0 Å². The Kier molecular flexibility index (Phi) is 3.06. The molecule has 78 valence electrons. The van der Waals surface area contributed by atoms with Gasteiger partial charge in [-0.05, 0) is 40.3 Å². The van der Waals surface area contributed by atoms with E-state index in [2.05, 4.69) is 27.6 Å². The average molecular weight is 314 g/mol. The van der Waals surface area contributed by atoms with Gasteiger partial charge in [0.25, 0.3) is 0 Å². The summed E-state index contributed by atoms with van der Waals surface area (Å²) >= 11 is 2.24. The van der Waals surface area contributed by atoms with Crippen molar-refractivity contribution in [2.45, 2.75) is 6.10 Å². The molecule has 2 aromatic rings. The predicted molar refractivity (Wildman–Crippen MR) is 66.4 cm³/mol. The molecule has 0 fully saturated rings. The van der Waals surface area contributed by atoms with Crippen LogP contribution in [0, 0.1) is 3.57 Å². The molecule has 15 heavy (non-hydrogen) atoms. The van der Waals surface area contributed by atoms with Crippen LogP contribution in [0.1, 0.15) is 17.5 Å². The molecule has 1 aromatic heterocycles. The van der Waals surface area contributed by atoms with Gasteiger partial charge in [0.2, 0.25) is 0 Å². The monoisotopic (exact) mass is 314 g/mol. The lowest BCUT2D eigenvalue weighted by atomic mass is 10.1. The van der Waals surface area contributed by atoms with E-state index in [1.54, 1.807) is 6.20 Å². The number of aliphatic hydroxyl groups is 1. The Labute approximate surface area is 102 Å². The molecule has 1 heterocycles. The van der Waals surface area contributed by atoms with Gasteiger partial charge in [-0.25, -0.2) is 4.98 Å². The molecular weight excluding hydrogens is 303 g/mol. The first-order valence-electron chi connectivity index (χ1n) is 4.59. The lowest BCUT2D eigenvalue weighted by Gasteiger charge is -2.10. The van der Waals surface area contributed by atoms with Crippen molar-refractivity contribution in [2.24, 2.45) is 7.05 Å². The van der Waals surface area contributed by atoms with E-state index in [0.29, 0.717) is 5.82 Å². The molecule has 0 amide bonds. The van der Waals surface area contributed by atoms with Crippen molar-refractivity contribution in [3.8, 4) is 0 Å². The molecule has 1 aromatic carbocycles. The zero-order valence-corrected chi connectivity index (χ0v) is 10.4. The quantitative estimate of drug-likeness (QED) is 0.862. The minimum Gasteiger partial charge on any atom is -0.380 e. The summed E-state index contributed by atoms with van der Waals surface area (Å²) in [5.41, 5.74) is 0.865. The van der Waals surface area contributed by atoms with Crippen molar-refractivity contribution >= 4 is 22.6 Å². The van der Waals surface area contributed by atoms with Crippen LogP contribution in [0.15, 0.2) is 36.7 Å². The Morgan fingerprint density at radius 2 is 2.00 bits per heavy atom. The van der Waals surface area contributed by atoms with Gasteiger partial charge >= 0.3 is 0 Å². The standard InChI is InChI=1S/C11H11IN2O/c1-14-7-6-13-11(14)10(15)8-2-4-9(12)5-3-8/h2-7,10,15H,1H3. The van der Waals surface area contributed by atoms with E-state index < -0.39 is 6.10 Å². The summed E-state index contributed by atoms with van der Waals surface area (Å²) in [4.78, 5) is 4.13. The van der Waals surface area contributed by atoms with Crippen LogP contribution in [-0.2, 0) is 7.05 Å². The number of hydrogen-bond donors (Lipinski definition) is 1. The summed E-state index contributed by atoms with van der Waals surface area (Å²) in [5.74, 6) is 0.663. The molecule has 1 unspecified atom stereocenters. The maximum atomic E-state index is 10.1. The van der Waals surface area contributed by atoms with Crippen molar-refractivity contribution in [2.75, 3.05) is 0 Å². The van der Waals surface area contributed by atoms with Gasteiger partial charge < -0.3 is 9.67 Å². The molecule has 4 heteroatoms. The number of nitrogens with zero attached hydrogens (tertiary/aromatic N) is 2. The Morgan fingerprint density at radius 1 is 1.33 bits per heavy atom. The van der Waals surface area contributed by atoms with Crippen LogP contribution in [0.25, 0.3) is 0 Å². The van der Waals surface area contributed by atoms with Gasteiger partial charge in [0.1, 0.15) is 11.9 Å². The van der Waals surface area contributed by atoms with Gasteiger partial charge in [-0.1, -0.05) is 12.1 Å². The molecule has 3 nitrogen and oxygen atoms in total. The number of imidazole rings is 1. The van der Waals surface area contributed by atoms with E-state index in [4.69, 9.17) is 0 Å². The number of aliphatic hydroxyl groups excluding tert-OH is 1. The highest BCUT2D eigenvalue weighted by Crippen LogP contribution is 2.20. The molecular formula is C11H11IN2O. The van der Waals surface area contributed by atoms with Gasteiger partial charge in [0.15, 0.2) is 0 Å². The number of rotatable bonds is 2. The summed E-state index contributed by atoms with van der Waals surface area (Å²) in [6, 6.07) is 7.78. The summed E-state index contributed by atoms with van der Waals surface area (Å²) in [6.07, 6.45) is 2.86. The zero-order chi connectivity index (χ0) is 10.8. The Balaban J connectivity index is 2.32. The van der Waals surface area contributed by atoms with Crippen molar-refractivity contribution in [3.63, 3.8) is 0 Å². The number of halogens is 1. The lowest BCUT2D eigenvalue weighted by Crippen LogP contribution is -2.06. The molecule has 0 radical (unpaired) electrons. The van der Waals surface area contributed by atoms with Crippen molar-refractivity contribution in [3.05, 3.63) is 51.6 Å². The molecule has 1 atom stereocenters. The largest absolute Gasteiger partial charge is 0.380 e. The van der Waals surface area contributed by atoms with E-state index in [-0.39, 0.29) is 0 Å². The Hall–Kier alpha value is -0.880. The fourth-order valence-corrected chi connectivity index (χ4v) is 1.79. The number of aromatic nitrogens is 2. The van der Waals surface area contributed by atoms with Crippen LogP contribution in [-0.4, -0.2) is 14.7 Å². The second-order valence-corrected chi connectivity index (χ2v) is 4.60. The predicted octanol–water partition coefficient (Wildman–Crippen LogP) is 2.11. The summed E-state index contributed by atoms with van der Waals surface area (Å²) < 4.78 is 2.98. The zero-order valence-electron chi connectivity index (χ0n) is 8.26. The molecule has 2 rings (SSSR count). The maximum Gasteiger partial charge on any atom is 0.142 e. The van der Waals surface area contributed by atoms with E-state index in [1.807, 2.05) is 42.1 Å². The second-order valence-electron chi connectivity index (χ2n) is 3.35. The fourth-order valence-electron chi connectivity index (χ4n) is 1.43. The molecule has 0 aliphatic carbocycles. The van der Waals surface area contributed by atoms with Gasteiger partial charge in [-0.15, -0.1) is 0 Å². The second kappa shape index (κ2) is 4.32. The minimum absolute atomic E-state index is 0.651. The van der Waals surface area contributed by atoms with Crippen LogP contribution in [0.3, 0.4) is 0 Å². The lowest BCUT2D eigenvalue weighted by molar-refractivity contribution is 0.206. The van der Waals surface area contributed by atoms with Gasteiger partial charge in [0.05, 0.1) is 0 Å². The number of benzene rings is 1. The number of aryl methyl sites for hydroxylation is 1. The average Bonchev–Trinajstić information content (AvgIpc) is 2.65. The molecule has 0 aliphatic heterocycles. The van der Waals surface area contributed by atoms with Crippen molar-refractivity contribution in [1.82, 2.24) is 9.55 Å². The molecule has 0 saturated heterocycles. The minimum atomic E-state index is -0.651. The normalized spacial score (nSPS) is 12.7. The number of hydrogen-bond acceptors (Lipinski definition) is 2. The molecule has 0 spiro atoms. The molecule has 1 N–H and O–H groups in total. The first-order chi connectivity index (χ1) is 7.18. The first kappa shape index (κ1) is 10.6. The first-order valence-corrected chi connectivity index (χ1v) is 5.67. The van der Waals surface area contributed by atoms with Crippen molar-refractivity contribution in [1.29, 1.82) is 0 Å². The summed E-state index contributed by atoms with van der Waals surface area (Å²) in [7, 11) is 1.87. The fraction of sp³-hybridized carbons (Fsp3) is 0.182. The Morgan fingerprint density at radius 3 is 2.53 bits per heavy atom. The van der Waals surface area contributed by atoms with E-state index >= 15 is 0 Å². The van der Waals surface area contributed by atoms with Crippen LogP contribution in [0.4, 0.5) is 0 Å². The Bertz CT molecular complexity index is 450. The molecule has 0 bridgehead atoms. The van der Waals surface area contributed by atoms with E-state index in [9.17, 15) is 5.11 Å². The molecule has 0 saturated carbocycles. The summed E-state index contributed by atoms with van der Waals surface area (Å²) in [6.45, 7) is 0. The van der Waals surface area contributed by atoms with Gasteiger partial charge in [-0.3, -0.25) is 0 Å². The highest BCUT2D eigenvalue weighted by Gasteiger charge is 2.14. The molecule has 0 aliphatic rings. The van der Waals surface area contributed by atoms with Gasteiger partial charge in [-0.2, -0.15) is 0 Å². The van der Waals surface area contributed by atoms with E-state index in [1.165, 1.54) is 0 Å². The SMILES string of the molecule is Cn1ccnc1C(O)c1ccc(I)cc1. The summed E-state index contributed by atoms with van der Waals surface area (Å²) in [5, 5.41) is 10.1. The third kappa shape index (κ3) is 2.21. The third-order valence-electron chi connectivity index (χ3n) is 2.29. The maximum absolute atomic E-state index is 10.1. The van der Waals surface area contributed by atoms with Crippen molar-refractivity contribution < 1.29 is 5.11 Å². The van der Waals surface area contributed by atoms with Crippen LogP contribution >= 0.6 is 22.6 Å². The smallest absolute Gasteiger partial charge is 0.142 e. The highest BCUT2D eigenvalue weighted by molar-refractivity contribution is 14.1. The van der Waals surface area contributed by atoms with E-state index in [0.717, 1.165) is 9.13 Å². The van der Waals surface area contributed by atoms with Crippen LogP contribution in [0.2, 0.25) is 0 Å². The van der Waals surface area contributed by atoms with Crippen LogP contribution in [0.5, 0.6) is 0 Å².